The first-order valence-electron chi connectivity index (χ1n) is 5.53. The Labute approximate surface area is 100 Å². The first-order valence-corrected chi connectivity index (χ1v) is 5.53. The molecule has 0 bridgehead atoms. The average molecular weight is 229 g/mol. The SMILES string of the molecule is CNC(=O)CNCc1ccc2cnccc2c1. The maximum atomic E-state index is 11.0. The summed E-state index contributed by atoms with van der Waals surface area (Å²) in [5.74, 6) is -0.00464. The van der Waals surface area contributed by atoms with Crippen molar-refractivity contribution < 1.29 is 4.79 Å². The zero-order valence-corrected chi connectivity index (χ0v) is 9.73. The van der Waals surface area contributed by atoms with Gasteiger partial charge in [0, 0.05) is 31.4 Å². The van der Waals surface area contributed by atoms with E-state index in [1.165, 1.54) is 5.39 Å². The standard InChI is InChI=1S/C13H15N3O/c1-14-13(17)9-16-7-10-2-3-12-8-15-5-4-11(12)6-10/h2-6,8,16H,7,9H2,1H3,(H,14,17). The number of likely N-dealkylation sites (N-methyl/N-ethyl adjacent to an activating group) is 1. The zero-order chi connectivity index (χ0) is 12.1. The van der Waals surface area contributed by atoms with Gasteiger partial charge < -0.3 is 10.6 Å². The van der Waals surface area contributed by atoms with Gasteiger partial charge in [0.25, 0.3) is 0 Å². The number of aromatic nitrogens is 1. The molecule has 0 unspecified atom stereocenters. The van der Waals surface area contributed by atoms with Gasteiger partial charge in [-0.3, -0.25) is 9.78 Å². The van der Waals surface area contributed by atoms with Gasteiger partial charge in [-0.25, -0.2) is 0 Å². The van der Waals surface area contributed by atoms with E-state index in [-0.39, 0.29) is 5.91 Å². The average Bonchev–Trinajstić information content (AvgIpc) is 2.38. The summed E-state index contributed by atoms with van der Waals surface area (Å²) in [4.78, 5) is 15.1. The molecule has 1 heterocycles. The Bertz CT molecular complexity index is 525. The van der Waals surface area contributed by atoms with E-state index >= 15 is 0 Å². The van der Waals surface area contributed by atoms with E-state index in [4.69, 9.17) is 0 Å². The van der Waals surface area contributed by atoms with Crippen LogP contribution in [0.2, 0.25) is 0 Å². The second kappa shape index (κ2) is 5.41. The van der Waals surface area contributed by atoms with E-state index in [9.17, 15) is 4.79 Å². The molecule has 0 radical (unpaired) electrons. The molecule has 0 spiro atoms. The molecule has 0 atom stereocenters. The summed E-state index contributed by atoms with van der Waals surface area (Å²) in [5, 5.41) is 7.95. The van der Waals surface area contributed by atoms with Gasteiger partial charge >= 0.3 is 0 Å². The van der Waals surface area contributed by atoms with Crippen molar-refractivity contribution >= 4 is 16.7 Å². The molecule has 17 heavy (non-hydrogen) atoms. The van der Waals surface area contributed by atoms with Gasteiger partial charge in [-0.2, -0.15) is 0 Å². The highest BCUT2D eigenvalue weighted by molar-refractivity contribution is 5.82. The molecule has 2 aromatic rings. The lowest BCUT2D eigenvalue weighted by atomic mass is 10.1. The van der Waals surface area contributed by atoms with Crippen LogP contribution in [0.5, 0.6) is 0 Å². The van der Waals surface area contributed by atoms with Crippen molar-refractivity contribution in [3.63, 3.8) is 0 Å². The number of pyridine rings is 1. The lowest BCUT2D eigenvalue weighted by Gasteiger charge is -2.05. The van der Waals surface area contributed by atoms with Crippen molar-refractivity contribution in [2.45, 2.75) is 6.54 Å². The van der Waals surface area contributed by atoms with Gasteiger partial charge in [-0.1, -0.05) is 12.1 Å². The molecule has 2 N–H and O–H groups in total. The van der Waals surface area contributed by atoms with Crippen molar-refractivity contribution in [1.82, 2.24) is 15.6 Å². The van der Waals surface area contributed by atoms with Crippen molar-refractivity contribution in [3.8, 4) is 0 Å². The van der Waals surface area contributed by atoms with Crippen LogP contribution < -0.4 is 10.6 Å². The molecular formula is C13H15N3O. The first-order chi connectivity index (χ1) is 8.29. The number of carbonyl (C=O) groups is 1. The molecule has 4 heteroatoms. The number of amides is 1. The molecule has 1 aromatic heterocycles. The van der Waals surface area contributed by atoms with Crippen molar-refractivity contribution in [1.29, 1.82) is 0 Å². The van der Waals surface area contributed by atoms with Crippen LogP contribution in [0.25, 0.3) is 10.8 Å². The lowest BCUT2D eigenvalue weighted by Crippen LogP contribution is -2.30. The number of benzene rings is 1. The predicted molar refractivity (Wildman–Crippen MR) is 67.5 cm³/mol. The molecule has 2 rings (SSSR count). The second-order valence-electron chi connectivity index (χ2n) is 3.83. The zero-order valence-electron chi connectivity index (χ0n) is 9.73. The third-order valence-electron chi connectivity index (χ3n) is 2.60. The Morgan fingerprint density at radius 3 is 3.00 bits per heavy atom. The lowest BCUT2D eigenvalue weighted by molar-refractivity contribution is -0.119. The quantitative estimate of drug-likeness (QED) is 0.824. The molecule has 0 aliphatic carbocycles. The highest BCUT2D eigenvalue weighted by Crippen LogP contribution is 2.14. The van der Waals surface area contributed by atoms with Crippen molar-refractivity contribution in [3.05, 3.63) is 42.2 Å². The maximum Gasteiger partial charge on any atom is 0.233 e. The summed E-state index contributed by atoms with van der Waals surface area (Å²) in [6.07, 6.45) is 3.63. The number of rotatable bonds is 4. The highest BCUT2D eigenvalue weighted by atomic mass is 16.1. The number of hydrogen-bond acceptors (Lipinski definition) is 3. The summed E-state index contributed by atoms with van der Waals surface area (Å²) in [6, 6.07) is 8.17. The Morgan fingerprint density at radius 2 is 2.18 bits per heavy atom. The van der Waals surface area contributed by atoms with Crippen LogP contribution in [-0.2, 0) is 11.3 Å². The minimum atomic E-state index is -0.00464. The molecule has 0 saturated carbocycles. The van der Waals surface area contributed by atoms with Crippen LogP contribution in [-0.4, -0.2) is 24.5 Å². The minimum Gasteiger partial charge on any atom is -0.358 e. The summed E-state index contributed by atoms with van der Waals surface area (Å²) in [7, 11) is 1.63. The van der Waals surface area contributed by atoms with Crippen LogP contribution in [0.3, 0.4) is 0 Å². The third kappa shape index (κ3) is 3.01. The predicted octanol–water partition coefficient (Wildman–Crippen LogP) is 1.07. The fourth-order valence-corrected chi connectivity index (χ4v) is 1.65. The Morgan fingerprint density at radius 1 is 1.29 bits per heavy atom. The monoisotopic (exact) mass is 229 g/mol. The van der Waals surface area contributed by atoms with Gasteiger partial charge in [-0.05, 0) is 23.1 Å². The molecule has 88 valence electrons. The number of hydrogen-bond donors (Lipinski definition) is 2. The van der Waals surface area contributed by atoms with Crippen LogP contribution in [0.15, 0.2) is 36.7 Å². The van der Waals surface area contributed by atoms with E-state index < -0.39 is 0 Å². The third-order valence-corrected chi connectivity index (χ3v) is 2.60. The van der Waals surface area contributed by atoms with Crippen molar-refractivity contribution in [2.24, 2.45) is 0 Å². The van der Waals surface area contributed by atoms with Crippen LogP contribution in [0.1, 0.15) is 5.56 Å². The van der Waals surface area contributed by atoms with E-state index in [0.29, 0.717) is 13.1 Å². The first kappa shape index (κ1) is 11.5. The van der Waals surface area contributed by atoms with E-state index in [1.54, 1.807) is 13.2 Å². The van der Waals surface area contributed by atoms with Crippen LogP contribution in [0, 0.1) is 0 Å². The Kier molecular flexibility index (Phi) is 3.67. The second-order valence-corrected chi connectivity index (χ2v) is 3.83. The summed E-state index contributed by atoms with van der Waals surface area (Å²) in [6.45, 7) is 1.02. The molecule has 0 aliphatic heterocycles. The smallest absolute Gasteiger partial charge is 0.233 e. The molecule has 0 fully saturated rings. The van der Waals surface area contributed by atoms with Gasteiger partial charge in [0.2, 0.25) is 5.91 Å². The summed E-state index contributed by atoms with van der Waals surface area (Å²) >= 11 is 0. The van der Waals surface area contributed by atoms with E-state index in [0.717, 1.165) is 10.9 Å². The molecule has 1 amide bonds. The number of nitrogens with zero attached hydrogens (tertiary/aromatic N) is 1. The Balaban J connectivity index is 2.02. The topological polar surface area (TPSA) is 54.0 Å². The Hall–Kier alpha value is -1.94. The number of fused-ring (bicyclic) bond motifs is 1. The van der Waals surface area contributed by atoms with Gasteiger partial charge in [0.05, 0.1) is 6.54 Å². The van der Waals surface area contributed by atoms with Gasteiger partial charge in [-0.15, -0.1) is 0 Å². The number of carbonyl (C=O) groups excluding carboxylic acids is 1. The normalized spacial score (nSPS) is 10.4. The summed E-state index contributed by atoms with van der Waals surface area (Å²) < 4.78 is 0. The van der Waals surface area contributed by atoms with E-state index in [2.05, 4.69) is 21.7 Å². The fraction of sp³-hybridized carbons (Fsp3) is 0.231. The largest absolute Gasteiger partial charge is 0.358 e. The minimum absolute atomic E-state index is 0.00464. The molecule has 0 saturated heterocycles. The van der Waals surface area contributed by atoms with Crippen LogP contribution in [0.4, 0.5) is 0 Å². The fourth-order valence-electron chi connectivity index (χ4n) is 1.65. The highest BCUT2D eigenvalue weighted by Gasteiger charge is 1.99. The van der Waals surface area contributed by atoms with Gasteiger partial charge in [0.15, 0.2) is 0 Å². The van der Waals surface area contributed by atoms with Gasteiger partial charge in [0.1, 0.15) is 0 Å². The molecule has 0 aliphatic rings. The maximum absolute atomic E-state index is 11.0. The molecule has 4 nitrogen and oxygen atoms in total. The molecular weight excluding hydrogens is 214 g/mol. The molecule has 1 aromatic carbocycles. The van der Waals surface area contributed by atoms with Crippen LogP contribution >= 0.6 is 0 Å². The number of nitrogens with one attached hydrogen (secondary N) is 2. The van der Waals surface area contributed by atoms with Crippen molar-refractivity contribution in [2.75, 3.05) is 13.6 Å². The van der Waals surface area contributed by atoms with E-state index in [1.807, 2.05) is 24.4 Å². The summed E-state index contributed by atoms with van der Waals surface area (Å²) in [5.41, 5.74) is 1.16.